The molecule has 0 aromatic rings. The summed E-state index contributed by atoms with van der Waals surface area (Å²) in [6.45, 7) is 4.28. The summed E-state index contributed by atoms with van der Waals surface area (Å²) in [6, 6.07) is 0.368. The molecule has 4 heteroatoms. The SMILES string of the molecule is CC(C)(N)COCC(=O)NC1CCCC1. The van der Waals surface area contributed by atoms with Gasteiger partial charge in [-0.05, 0) is 26.7 Å². The van der Waals surface area contributed by atoms with Crippen molar-refractivity contribution in [1.82, 2.24) is 5.32 Å². The first-order valence-corrected chi connectivity index (χ1v) is 5.63. The molecule has 1 saturated carbocycles. The molecule has 15 heavy (non-hydrogen) atoms. The third-order valence-electron chi connectivity index (χ3n) is 2.43. The first kappa shape index (κ1) is 12.5. The van der Waals surface area contributed by atoms with Gasteiger partial charge in [0.15, 0.2) is 0 Å². The van der Waals surface area contributed by atoms with Crippen LogP contribution in [0.1, 0.15) is 39.5 Å². The fourth-order valence-electron chi connectivity index (χ4n) is 1.75. The Kier molecular flexibility index (Phi) is 4.54. The van der Waals surface area contributed by atoms with Crippen molar-refractivity contribution in [3.05, 3.63) is 0 Å². The van der Waals surface area contributed by atoms with Crippen molar-refractivity contribution >= 4 is 5.91 Å². The highest BCUT2D eigenvalue weighted by Crippen LogP contribution is 2.17. The lowest BCUT2D eigenvalue weighted by Crippen LogP contribution is -2.40. The van der Waals surface area contributed by atoms with Crippen molar-refractivity contribution in [2.24, 2.45) is 5.73 Å². The van der Waals surface area contributed by atoms with E-state index in [1.165, 1.54) is 12.8 Å². The van der Waals surface area contributed by atoms with E-state index in [9.17, 15) is 4.79 Å². The maximum Gasteiger partial charge on any atom is 0.246 e. The zero-order chi connectivity index (χ0) is 11.3. The lowest BCUT2D eigenvalue weighted by molar-refractivity contribution is -0.126. The highest BCUT2D eigenvalue weighted by molar-refractivity contribution is 5.77. The summed E-state index contributed by atoms with van der Waals surface area (Å²) in [6.07, 6.45) is 4.66. The molecule has 1 aliphatic rings. The molecular formula is C11H22N2O2. The molecule has 1 amide bonds. The molecule has 0 unspecified atom stereocenters. The second kappa shape index (κ2) is 5.47. The van der Waals surface area contributed by atoms with Crippen molar-refractivity contribution in [2.75, 3.05) is 13.2 Å². The summed E-state index contributed by atoms with van der Waals surface area (Å²) in [7, 11) is 0. The highest BCUT2D eigenvalue weighted by Gasteiger charge is 2.17. The second-order valence-electron chi connectivity index (χ2n) is 5.03. The number of ether oxygens (including phenoxy) is 1. The van der Waals surface area contributed by atoms with E-state index in [1.807, 2.05) is 13.8 Å². The van der Waals surface area contributed by atoms with Gasteiger partial charge in [0.25, 0.3) is 0 Å². The molecule has 4 nitrogen and oxygen atoms in total. The van der Waals surface area contributed by atoms with Gasteiger partial charge in [-0.15, -0.1) is 0 Å². The van der Waals surface area contributed by atoms with Crippen molar-refractivity contribution in [2.45, 2.75) is 51.1 Å². The van der Waals surface area contributed by atoms with Gasteiger partial charge in [-0.2, -0.15) is 0 Å². The minimum absolute atomic E-state index is 0.0221. The van der Waals surface area contributed by atoms with Crippen LogP contribution in [0.4, 0.5) is 0 Å². The van der Waals surface area contributed by atoms with E-state index in [0.717, 1.165) is 12.8 Å². The fraction of sp³-hybridized carbons (Fsp3) is 0.909. The number of nitrogens with two attached hydrogens (primary N) is 1. The largest absolute Gasteiger partial charge is 0.370 e. The van der Waals surface area contributed by atoms with Crippen LogP contribution < -0.4 is 11.1 Å². The zero-order valence-electron chi connectivity index (χ0n) is 9.71. The van der Waals surface area contributed by atoms with Crippen LogP contribution >= 0.6 is 0 Å². The van der Waals surface area contributed by atoms with Gasteiger partial charge in [-0.25, -0.2) is 0 Å². The van der Waals surface area contributed by atoms with Gasteiger partial charge in [0.05, 0.1) is 6.61 Å². The van der Waals surface area contributed by atoms with Crippen LogP contribution in [0.15, 0.2) is 0 Å². The smallest absolute Gasteiger partial charge is 0.246 e. The summed E-state index contributed by atoms with van der Waals surface area (Å²) in [4.78, 5) is 11.4. The Morgan fingerprint density at radius 1 is 1.47 bits per heavy atom. The third-order valence-corrected chi connectivity index (χ3v) is 2.43. The van der Waals surface area contributed by atoms with Crippen molar-refractivity contribution in [3.63, 3.8) is 0 Å². The Balaban J connectivity index is 2.08. The number of hydrogen-bond acceptors (Lipinski definition) is 3. The quantitative estimate of drug-likeness (QED) is 0.711. The summed E-state index contributed by atoms with van der Waals surface area (Å²) in [5.41, 5.74) is 5.36. The first-order valence-electron chi connectivity index (χ1n) is 5.63. The molecule has 1 aliphatic carbocycles. The number of carbonyl (C=O) groups is 1. The van der Waals surface area contributed by atoms with E-state index >= 15 is 0 Å². The van der Waals surface area contributed by atoms with Crippen LogP contribution in [0.25, 0.3) is 0 Å². The molecule has 0 aromatic carbocycles. The molecule has 0 atom stereocenters. The Labute approximate surface area is 91.5 Å². The molecule has 0 radical (unpaired) electrons. The highest BCUT2D eigenvalue weighted by atomic mass is 16.5. The molecule has 1 rings (SSSR count). The number of amides is 1. The summed E-state index contributed by atoms with van der Waals surface area (Å²) in [5, 5.41) is 2.96. The minimum atomic E-state index is -0.367. The summed E-state index contributed by atoms with van der Waals surface area (Å²) < 4.78 is 5.23. The summed E-state index contributed by atoms with van der Waals surface area (Å²) in [5.74, 6) is -0.0221. The Bertz CT molecular complexity index is 205. The normalized spacial score (nSPS) is 18.1. The van der Waals surface area contributed by atoms with Crippen molar-refractivity contribution in [1.29, 1.82) is 0 Å². The Morgan fingerprint density at radius 2 is 2.07 bits per heavy atom. The van der Waals surface area contributed by atoms with Gasteiger partial charge < -0.3 is 15.8 Å². The van der Waals surface area contributed by atoms with Crippen molar-refractivity contribution in [3.8, 4) is 0 Å². The Hall–Kier alpha value is -0.610. The molecule has 0 heterocycles. The maximum atomic E-state index is 11.4. The van der Waals surface area contributed by atoms with Gasteiger partial charge in [-0.1, -0.05) is 12.8 Å². The lowest BCUT2D eigenvalue weighted by atomic mass is 10.1. The molecule has 0 saturated heterocycles. The monoisotopic (exact) mass is 214 g/mol. The van der Waals surface area contributed by atoms with Crippen molar-refractivity contribution < 1.29 is 9.53 Å². The maximum absolute atomic E-state index is 11.4. The average Bonchev–Trinajstić information content (AvgIpc) is 2.54. The van der Waals surface area contributed by atoms with E-state index in [4.69, 9.17) is 10.5 Å². The van der Waals surface area contributed by atoms with Crippen LogP contribution in [-0.2, 0) is 9.53 Å². The molecular weight excluding hydrogens is 192 g/mol. The topological polar surface area (TPSA) is 64.3 Å². The van der Waals surface area contributed by atoms with E-state index < -0.39 is 0 Å². The Morgan fingerprint density at radius 3 is 2.60 bits per heavy atom. The van der Waals surface area contributed by atoms with Crippen LogP contribution in [0.5, 0.6) is 0 Å². The standard InChI is InChI=1S/C11H22N2O2/c1-11(2,12)8-15-7-10(14)13-9-5-3-4-6-9/h9H,3-8,12H2,1-2H3,(H,13,14). The van der Waals surface area contributed by atoms with E-state index in [-0.39, 0.29) is 18.1 Å². The number of carbonyl (C=O) groups excluding carboxylic acids is 1. The molecule has 3 N–H and O–H groups in total. The lowest BCUT2D eigenvalue weighted by Gasteiger charge is -2.18. The van der Waals surface area contributed by atoms with E-state index in [1.54, 1.807) is 0 Å². The van der Waals surface area contributed by atoms with Crippen LogP contribution in [0.2, 0.25) is 0 Å². The van der Waals surface area contributed by atoms with E-state index in [2.05, 4.69) is 5.32 Å². The molecule has 0 bridgehead atoms. The van der Waals surface area contributed by atoms with Gasteiger partial charge in [0.2, 0.25) is 5.91 Å². The zero-order valence-corrected chi connectivity index (χ0v) is 9.71. The van der Waals surface area contributed by atoms with Crippen LogP contribution in [0, 0.1) is 0 Å². The minimum Gasteiger partial charge on any atom is -0.370 e. The average molecular weight is 214 g/mol. The number of hydrogen-bond donors (Lipinski definition) is 2. The number of rotatable bonds is 5. The van der Waals surface area contributed by atoms with E-state index in [0.29, 0.717) is 12.6 Å². The predicted molar refractivity (Wildman–Crippen MR) is 59.5 cm³/mol. The number of nitrogens with one attached hydrogen (secondary N) is 1. The molecule has 1 fully saturated rings. The molecule has 0 aromatic heterocycles. The molecule has 88 valence electrons. The van der Waals surface area contributed by atoms with Crippen LogP contribution in [0.3, 0.4) is 0 Å². The second-order valence-corrected chi connectivity index (χ2v) is 5.03. The third kappa shape index (κ3) is 5.74. The van der Waals surface area contributed by atoms with Gasteiger partial charge in [0.1, 0.15) is 6.61 Å². The van der Waals surface area contributed by atoms with Gasteiger partial charge in [0, 0.05) is 11.6 Å². The summed E-state index contributed by atoms with van der Waals surface area (Å²) >= 11 is 0. The van der Waals surface area contributed by atoms with Gasteiger partial charge in [-0.3, -0.25) is 4.79 Å². The fourth-order valence-corrected chi connectivity index (χ4v) is 1.75. The predicted octanol–water partition coefficient (Wildman–Crippen LogP) is 0.799. The molecule has 0 spiro atoms. The molecule has 0 aliphatic heterocycles. The first-order chi connectivity index (χ1) is 6.97. The van der Waals surface area contributed by atoms with Gasteiger partial charge >= 0.3 is 0 Å². The van der Waals surface area contributed by atoms with Crippen LogP contribution in [-0.4, -0.2) is 30.7 Å².